The summed E-state index contributed by atoms with van der Waals surface area (Å²) in [7, 11) is -3.80. The normalized spacial score (nSPS) is 13.0. The Morgan fingerprint density at radius 3 is 2.57 bits per heavy atom. The Labute approximate surface area is 134 Å². The Kier molecular flexibility index (Phi) is 3.73. The van der Waals surface area contributed by atoms with Gasteiger partial charge in [0, 0.05) is 11.6 Å². The molecule has 0 bridgehead atoms. The van der Waals surface area contributed by atoms with Crippen molar-refractivity contribution in [2.45, 2.75) is 18.7 Å². The van der Waals surface area contributed by atoms with Gasteiger partial charge in [0.05, 0.1) is 10.6 Å². The van der Waals surface area contributed by atoms with Gasteiger partial charge in [-0.3, -0.25) is 9.52 Å². The van der Waals surface area contributed by atoms with E-state index in [1.807, 2.05) is 0 Å². The zero-order chi connectivity index (χ0) is 16.6. The minimum absolute atomic E-state index is 0.0642. The number of anilines is 1. The maximum absolute atomic E-state index is 12.5. The molecule has 3 rings (SSSR count). The van der Waals surface area contributed by atoms with Crippen molar-refractivity contribution in [3.63, 3.8) is 0 Å². The number of carbonyl (C=O) groups excluding carboxylic acids is 1. The third-order valence-electron chi connectivity index (χ3n) is 3.54. The fourth-order valence-corrected chi connectivity index (χ4v) is 3.34. The summed E-state index contributed by atoms with van der Waals surface area (Å²) in [5, 5.41) is 0. The molecular formula is C16H15NO5S. The molecule has 2 aromatic carbocycles. The molecule has 0 aromatic heterocycles. The first-order valence-corrected chi connectivity index (χ1v) is 8.39. The van der Waals surface area contributed by atoms with Gasteiger partial charge in [0.2, 0.25) is 6.79 Å². The first-order valence-electron chi connectivity index (χ1n) is 6.91. The predicted octanol–water partition coefficient (Wildman–Crippen LogP) is 2.73. The fourth-order valence-electron chi connectivity index (χ4n) is 2.20. The summed E-state index contributed by atoms with van der Waals surface area (Å²) in [5.74, 6) is 0.773. The lowest BCUT2D eigenvalue weighted by Gasteiger charge is -2.12. The van der Waals surface area contributed by atoms with E-state index in [4.69, 9.17) is 9.47 Å². The van der Waals surface area contributed by atoms with E-state index >= 15 is 0 Å². The van der Waals surface area contributed by atoms with Crippen LogP contribution in [0.4, 0.5) is 5.69 Å². The minimum Gasteiger partial charge on any atom is -0.454 e. The number of hydrogen-bond acceptors (Lipinski definition) is 5. The molecule has 23 heavy (non-hydrogen) atoms. The van der Waals surface area contributed by atoms with Crippen molar-refractivity contribution in [3.8, 4) is 11.5 Å². The molecule has 1 aliphatic rings. The molecule has 120 valence electrons. The molecular weight excluding hydrogens is 318 g/mol. The smallest absolute Gasteiger partial charge is 0.262 e. The second-order valence-electron chi connectivity index (χ2n) is 5.21. The zero-order valence-electron chi connectivity index (χ0n) is 12.6. The SMILES string of the molecule is CC(=O)c1ccc(C)c(NS(=O)(=O)c2ccc3c(c2)OCO3)c1. The van der Waals surface area contributed by atoms with Crippen LogP contribution in [0.3, 0.4) is 0 Å². The van der Waals surface area contributed by atoms with Crippen LogP contribution in [-0.4, -0.2) is 21.0 Å². The van der Waals surface area contributed by atoms with E-state index in [-0.39, 0.29) is 17.5 Å². The zero-order valence-corrected chi connectivity index (χ0v) is 13.4. The number of carbonyl (C=O) groups is 1. The molecule has 0 fully saturated rings. The molecule has 0 amide bonds. The summed E-state index contributed by atoms with van der Waals surface area (Å²) in [6.45, 7) is 3.27. The lowest BCUT2D eigenvalue weighted by atomic mass is 10.1. The lowest BCUT2D eigenvalue weighted by Crippen LogP contribution is -2.14. The van der Waals surface area contributed by atoms with Crippen LogP contribution in [0, 0.1) is 6.92 Å². The second-order valence-corrected chi connectivity index (χ2v) is 6.89. The second kappa shape index (κ2) is 5.58. The Morgan fingerprint density at radius 1 is 1.09 bits per heavy atom. The molecule has 7 heteroatoms. The summed E-state index contributed by atoms with van der Waals surface area (Å²) in [4.78, 5) is 11.5. The van der Waals surface area contributed by atoms with Gasteiger partial charge in [0.25, 0.3) is 10.0 Å². The minimum atomic E-state index is -3.80. The van der Waals surface area contributed by atoms with Crippen LogP contribution in [0.5, 0.6) is 11.5 Å². The number of ether oxygens (including phenoxy) is 2. The van der Waals surface area contributed by atoms with Gasteiger partial charge in [-0.2, -0.15) is 0 Å². The molecule has 0 radical (unpaired) electrons. The molecule has 0 spiro atoms. The molecule has 0 saturated carbocycles. The van der Waals surface area contributed by atoms with Gasteiger partial charge < -0.3 is 9.47 Å². The number of benzene rings is 2. The predicted molar refractivity (Wildman–Crippen MR) is 84.6 cm³/mol. The topological polar surface area (TPSA) is 81.7 Å². The standard InChI is InChI=1S/C16H15NO5S/c1-10-3-4-12(11(2)18)7-14(10)17-23(19,20)13-5-6-15-16(8-13)22-9-21-15/h3-8,17H,9H2,1-2H3. The number of sulfonamides is 1. The van der Waals surface area contributed by atoms with Gasteiger partial charge in [0.1, 0.15) is 0 Å². The van der Waals surface area contributed by atoms with Gasteiger partial charge in [0.15, 0.2) is 17.3 Å². The van der Waals surface area contributed by atoms with Crippen molar-refractivity contribution in [2.75, 3.05) is 11.5 Å². The van der Waals surface area contributed by atoms with Crippen molar-refractivity contribution in [1.82, 2.24) is 0 Å². The number of nitrogens with one attached hydrogen (secondary N) is 1. The van der Waals surface area contributed by atoms with Crippen molar-refractivity contribution in [2.24, 2.45) is 0 Å². The Bertz CT molecular complexity index is 889. The Hall–Kier alpha value is -2.54. The molecule has 0 saturated heterocycles. The molecule has 6 nitrogen and oxygen atoms in total. The summed E-state index contributed by atoms with van der Waals surface area (Å²) < 4.78 is 38.0. The largest absolute Gasteiger partial charge is 0.454 e. The van der Waals surface area contributed by atoms with E-state index in [9.17, 15) is 13.2 Å². The van der Waals surface area contributed by atoms with Crippen LogP contribution >= 0.6 is 0 Å². The molecule has 2 aromatic rings. The van der Waals surface area contributed by atoms with Gasteiger partial charge in [-0.25, -0.2) is 8.42 Å². The van der Waals surface area contributed by atoms with Crippen LogP contribution in [0.15, 0.2) is 41.3 Å². The van der Waals surface area contributed by atoms with Gasteiger partial charge in [-0.1, -0.05) is 12.1 Å². The van der Waals surface area contributed by atoms with Crippen molar-refractivity contribution in [1.29, 1.82) is 0 Å². The average molecular weight is 333 g/mol. The van der Waals surface area contributed by atoms with Crippen LogP contribution in [0.2, 0.25) is 0 Å². The lowest BCUT2D eigenvalue weighted by molar-refractivity contribution is 0.101. The summed E-state index contributed by atoms with van der Waals surface area (Å²) >= 11 is 0. The number of rotatable bonds is 4. The summed E-state index contributed by atoms with van der Waals surface area (Å²) in [6.07, 6.45) is 0. The summed E-state index contributed by atoms with van der Waals surface area (Å²) in [5.41, 5.74) is 1.54. The molecule has 1 aliphatic heterocycles. The van der Waals surface area contributed by atoms with Gasteiger partial charge in [-0.05, 0) is 37.6 Å². The van der Waals surface area contributed by atoms with Gasteiger partial charge in [-0.15, -0.1) is 0 Å². The highest BCUT2D eigenvalue weighted by molar-refractivity contribution is 7.92. The van der Waals surface area contributed by atoms with E-state index in [2.05, 4.69) is 4.72 Å². The van der Waals surface area contributed by atoms with Crippen LogP contribution in [-0.2, 0) is 10.0 Å². The Morgan fingerprint density at radius 2 is 1.83 bits per heavy atom. The number of fused-ring (bicyclic) bond motifs is 1. The van der Waals surface area contributed by atoms with Crippen molar-refractivity contribution >= 4 is 21.5 Å². The molecule has 0 unspecified atom stereocenters. The monoisotopic (exact) mass is 333 g/mol. The highest BCUT2D eigenvalue weighted by atomic mass is 32.2. The molecule has 1 heterocycles. The first kappa shape index (κ1) is 15.4. The van der Waals surface area contributed by atoms with E-state index < -0.39 is 10.0 Å². The average Bonchev–Trinajstić information content (AvgIpc) is 2.96. The van der Waals surface area contributed by atoms with E-state index in [0.29, 0.717) is 22.7 Å². The third-order valence-corrected chi connectivity index (χ3v) is 4.91. The quantitative estimate of drug-likeness (QED) is 0.870. The molecule has 1 N–H and O–H groups in total. The maximum atomic E-state index is 12.5. The highest BCUT2D eigenvalue weighted by Crippen LogP contribution is 2.34. The molecule has 0 atom stereocenters. The van der Waals surface area contributed by atoms with Gasteiger partial charge >= 0.3 is 0 Å². The van der Waals surface area contributed by atoms with Crippen molar-refractivity contribution < 1.29 is 22.7 Å². The number of ketones is 1. The first-order chi connectivity index (χ1) is 10.9. The van der Waals surface area contributed by atoms with Crippen LogP contribution < -0.4 is 14.2 Å². The van der Waals surface area contributed by atoms with E-state index in [1.54, 1.807) is 25.1 Å². The fraction of sp³-hybridized carbons (Fsp3) is 0.188. The Balaban J connectivity index is 1.95. The van der Waals surface area contributed by atoms with Crippen LogP contribution in [0.25, 0.3) is 0 Å². The number of aryl methyl sites for hydroxylation is 1. The van der Waals surface area contributed by atoms with Crippen LogP contribution in [0.1, 0.15) is 22.8 Å². The third kappa shape index (κ3) is 3.00. The molecule has 0 aliphatic carbocycles. The van der Waals surface area contributed by atoms with Crippen molar-refractivity contribution in [3.05, 3.63) is 47.5 Å². The number of hydrogen-bond donors (Lipinski definition) is 1. The van der Waals surface area contributed by atoms with E-state index in [0.717, 1.165) is 5.56 Å². The van der Waals surface area contributed by atoms with E-state index in [1.165, 1.54) is 25.1 Å². The number of Topliss-reactive ketones (excluding diaryl/α,β-unsaturated/α-hetero) is 1. The maximum Gasteiger partial charge on any atom is 0.262 e. The highest BCUT2D eigenvalue weighted by Gasteiger charge is 2.21. The summed E-state index contributed by atoms with van der Waals surface area (Å²) in [6, 6.07) is 9.30.